The van der Waals surface area contributed by atoms with Crippen LogP contribution in [0.4, 0.5) is 5.69 Å². The standard InChI is InChI=1S/C23H19N3O4/c1-28-19-12-5-6-13-20(19)29-15-21(27)24-18-11-7-10-17(14-18)23-26-25-22(30-23)16-8-3-2-4-9-16/h2-14H,15H2,1H3,(H,24,27). The van der Waals surface area contributed by atoms with Crippen molar-refractivity contribution < 1.29 is 18.7 Å². The predicted octanol–water partition coefficient (Wildman–Crippen LogP) is 4.43. The molecule has 1 aromatic heterocycles. The van der Waals surface area contributed by atoms with Gasteiger partial charge in [-0.05, 0) is 42.5 Å². The summed E-state index contributed by atoms with van der Waals surface area (Å²) in [5.41, 5.74) is 2.14. The zero-order valence-corrected chi connectivity index (χ0v) is 16.2. The van der Waals surface area contributed by atoms with Crippen LogP contribution >= 0.6 is 0 Å². The van der Waals surface area contributed by atoms with Crippen LogP contribution in [0.5, 0.6) is 11.5 Å². The maximum Gasteiger partial charge on any atom is 0.262 e. The maximum atomic E-state index is 12.3. The number of anilines is 1. The van der Waals surface area contributed by atoms with Crippen molar-refractivity contribution in [3.8, 4) is 34.4 Å². The van der Waals surface area contributed by atoms with Gasteiger partial charge in [0.25, 0.3) is 5.91 Å². The monoisotopic (exact) mass is 401 g/mol. The fraction of sp³-hybridized carbons (Fsp3) is 0.0870. The first-order chi connectivity index (χ1) is 14.7. The number of benzene rings is 3. The van der Waals surface area contributed by atoms with Gasteiger partial charge in [-0.2, -0.15) is 0 Å². The van der Waals surface area contributed by atoms with Crippen molar-refractivity contribution in [2.45, 2.75) is 0 Å². The highest BCUT2D eigenvalue weighted by Crippen LogP contribution is 2.27. The molecule has 7 heteroatoms. The Labute approximate surface area is 173 Å². The third kappa shape index (κ3) is 4.47. The topological polar surface area (TPSA) is 86.5 Å². The molecule has 0 saturated carbocycles. The van der Waals surface area contributed by atoms with Gasteiger partial charge in [0.2, 0.25) is 11.8 Å². The van der Waals surface area contributed by atoms with Crippen molar-refractivity contribution in [3.05, 3.63) is 78.9 Å². The molecule has 0 bridgehead atoms. The Hall–Kier alpha value is -4.13. The van der Waals surface area contributed by atoms with Gasteiger partial charge < -0.3 is 19.2 Å². The predicted molar refractivity (Wildman–Crippen MR) is 112 cm³/mol. The van der Waals surface area contributed by atoms with E-state index in [1.165, 1.54) is 0 Å². The number of carbonyl (C=O) groups excluding carboxylic acids is 1. The SMILES string of the molecule is COc1ccccc1OCC(=O)Nc1cccc(-c2nnc(-c3ccccc3)o2)c1. The molecule has 3 aromatic carbocycles. The zero-order valence-electron chi connectivity index (χ0n) is 16.2. The summed E-state index contributed by atoms with van der Waals surface area (Å²) >= 11 is 0. The number of ether oxygens (including phenoxy) is 2. The largest absolute Gasteiger partial charge is 0.493 e. The minimum Gasteiger partial charge on any atom is -0.493 e. The Bertz CT molecular complexity index is 1140. The normalized spacial score (nSPS) is 10.4. The molecule has 1 amide bonds. The van der Waals surface area contributed by atoms with Crippen LogP contribution in [-0.4, -0.2) is 29.8 Å². The minimum atomic E-state index is -0.298. The van der Waals surface area contributed by atoms with E-state index >= 15 is 0 Å². The Kier molecular flexibility index (Phi) is 5.70. The average Bonchev–Trinajstić information content (AvgIpc) is 3.29. The summed E-state index contributed by atoms with van der Waals surface area (Å²) in [5, 5.41) is 11.0. The molecule has 0 aliphatic heterocycles. The van der Waals surface area contributed by atoms with Crippen LogP contribution in [-0.2, 0) is 4.79 Å². The molecule has 0 atom stereocenters. The van der Waals surface area contributed by atoms with Crippen LogP contribution < -0.4 is 14.8 Å². The Morgan fingerprint density at radius 2 is 1.53 bits per heavy atom. The lowest BCUT2D eigenvalue weighted by Gasteiger charge is -2.10. The molecule has 0 spiro atoms. The van der Waals surface area contributed by atoms with Crippen LogP contribution in [0.1, 0.15) is 0 Å². The van der Waals surface area contributed by atoms with Crippen molar-refractivity contribution in [2.75, 3.05) is 19.0 Å². The summed E-state index contributed by atoms with van der Waals surface area (Å²) in [6, 6.07) is 23.9. The first-order valence-corrected chi connectivity index (χ1v) is 9.28. The van der Waals surface area contributed by atoms with E-state index in [4.69, 9.17) is 13.9 Å². The second-order valence-electron chi connectivity index (χ2n) is 6.35. The molecule has 0 radical (unpaired) electrons. The molecule has 7 nitrogen and oxygen atoms in total. The summed E-state index contributed by atoms with van der Waals surface area (Å²) in [6.45, 7) is -0.149. The van der Waals surface area contributed by atoms with Crippen LogP contribution in [0, 0.1) is 0 Å². The van der Waals surface area contributed by atoms with E-state index in [1.807, 2.05) is 48.5 Å². The molecular formula is C23H19N3O4. The Morgan fingerprint density at radius 3 is 2.30 bits per heavy atom. The molecule has 1 N–H and O–H groups in total. The number of methoxy groups -OCH3 is 1. The zero-order chi connectivity index (χ0) is 20.8. The molecule has 4 aromatic rings. The lowest BCUT2D eigenvalue weighted by atomic mass is 10.2. The third-order valence-electron chi connectivity index (χ3n) is 4.27. The van der Waals surface area contributed by atoms with Gasteiger partial charge in [-0.1, -0.05) is 36.4 Å². The Balaban J connectivity index is 1.42. The van der Waals surface area contributed by atoms with E-state index < -0.39 is 0 Å². The number of nitrogens with one attached hydrogen (secondary N) is 1. The molecule has 0 saturated heterocycles. The molecule has 0 fully saturated rings. The van der Waals surface area contributed by atoms with Crippen molar-refractivity contribution in [1.29, 1.82) is 0 Å². The number of hydrogen-bond acceptors (Lipinski definition) is 6. The van der Waals surface area contributed by atoms with Crippen LogP contribution in [0.15, 0.2) is 83.3 Å². The number of rotatable bonds is 7. The third-order valence-corrected chi connectivity index (χ3v) is 4.27. The van der Waals surface area contributed by atoms with Gasteiger partial charge in [-0.25, -0.2) is 0 Å². The second-order valence-corrected chi connectivity index (χ2v) is 6.35. The highest BCUT2D eigenvalue weighted by atomic mass is 16.5. The number of nitrogens with zero attached hydrogens (tertiary/aromatic N) is 2. The Morgan fingerprint density at radius 1 is 0.867 bits per heavy atom. The van der Waals surface area contributed by atoms with Crippen molar-refractivity contribution in [3.63, 3.8) is 0 Å². The van der Waals surface area contributed by atoms with E-state index in [-0.39, 0.29) is 12.5 Å². The summed E-state index contributed by atoms with van der Waals surface area (Å²) in [6.07, 6.45) is 0. The number of para-hydroxylation sites is 2. The molecule has 150 valence electrons. The summed E-state index contributed by atoms with van der Waals surface area (Å²) in [4.78, 5) is 12.3. The number of hydrogen-bond donors (Lipinski definition) is 1. The van der Waals surface area contributed by atoms with Crippen molar-refractivity contribution in [1.82, 2.24) is 10.2 Å². The van der Waals surface area contributed by atoms with E-state index in [0.717, 1.165) is 5.56 Å². The van der Waals surface area contributed by atoms with Gasteiger partial charge >= 0.3 is 0 Å². The lowest BCUT2D eigenvalue weighted by molar-refractivity contribution is -0.118. The molecule has 0 aliphatic rings. The van der Waals surface area contributed by atoms with Gasteiger partial charge in [0, 0.05) is 16.8 Å². The second kappa shape index (κ2) is 8.91. The molecular weight excluding hydrogens is 382 g/mol. The lowest BCUT2D eigenvalue weighted by Crippen LogP contribution is -2.20. The van der Waals surface area contributed by atoms with E-state index in [2.05, 4.69) is 15.5 Å². The fourth-order valence-electron chi connectivity index (χ4n) is 2.85. The molecule has 0 aliphatic carbocycles. The number of aromatic nitrogens is 2. The van der Waals surface area contributed by atoms with Gasteiger partial charge in [0.05, 0.1) is 7.11 Å². The minimum absolute atomic E-state index is 0.149. The van der Waals surface area contributed by atoms with Crippen LogP contribution in [0.3, 0.4) is 0 Å². The average molecular weight is 401 g/mol. The highest BCUT2D eigenvalue weighted by molar-refractivity contribution is 5.92. The van der Waals surface area contributed by atoms with Crippen molar-refractivity contribution in [2.24, 2.45) is 0 Å². The molecule has 0 unspecified atom stereocenters. The van der Waals surface area contributed by atoms with Gasteiger partial charge in [0.1, 0.15) is 0 Å². The first-order valence-electron chi connectivity index (χ1n) is 9.28. The van der Waals surface area contributed by atoms with Crippen molar-refractivity contribution >= 4 is 11.6 Å². The van der Waals surface area contributed by atoms with Crippen LogP contribution in [0.25, 0.3) is 22.9 Å². The molecule has 4 rings (SSSR count). The van der Waals surface area contributed by atoms with Gasteiger partial charge in [-0.15, -0.1) is 10.2 Å². The number of carbonyl (C=O) groups is 1. The number of amides is 1. The first kappa shape index (κ1) is 19.2. The molecule has 1 heterocycles. The molecule has 30 heavy (non-hydrogen) atoms. The van der Waals surface area contributed by atoms with Crippen LogP contribution in [0.2, 0.25) is 0 Å². The fourth-order valence-corrected chi connectivity index (χ4v) is 2.85. The van der Waals surface area contributed by atoms with Gasteiger partial charge in [0.15, 0.2) is 18.1 Å². The van der Waals surface area contributed by atoms with E-state index in [1.54, 1.807) is 37.4 Å². The maximum absolute atomic E-state index is 12.3. The van der Waals surface area contributed by atoms with E-state index in [0.29, 0.717) is 34.5 Å². The highest BCUT2D eigenvalue weighted by Gasteiger charge is 2.12. The smallest absolute Gasteiger partial charge is 0.262 e. The summed E-state index contributed by atoms with van der Waals surface area (Å²) < 4.78 is 16.5. The quantitative estimate of drug-likeness (QED) is 0.493. The van der Waals surface area contributed by atoms with Gasteiger partial charge in [-0.3, -0.25) is 4.79 Å². The summed E-state index contributed by atoms with van der Waals surface area (Å²) in [5.74, 6) is 1.58. The summed E-state index contributed by atoms with van der Waals surface area (Å²) in [7, 11) is 1.55. The van der Waals surface area contributed by atoms with E-state index in [9.17, 15) is 4.79 Å².